The van der Waals surface area contributed by atoms with E-state index in [-0.39, 0.29) is 18.0 Å². The molecule has 0 aliphatic rings. The Hall–Kier alpha value is -3.85. The Balaban J connectivity index is 1.56. The highest BCUT2D eigenvalue weighted by Crippen LogP contribution is 2.29. The molecular weight excluding hydrogens is 434 g/mol. The molecule has 0 spiro atoms. The molecular formula is C24H23N7OS. The largest absolute Gasteiger partial charge is 0.343 e. The van der Waals surface area contributed by atoms with E-state index in [1.165, 1.54) is 6.33 Å². The monoisotopic (exact) mass is 457 g/mol. The van der Waals surface area contributed by atoms with Crippen LogP contribution in [0.4, 0.5) is 0 Å². The summed E-state index contributed by atoms with van der Waals surface area (Å²) < 4.78 is 3.57. The summed E-state index contributed by atoms with van der Waals surface area (Å²) >= 11 is 1.59. The number of rotatable bonds is 7. The van der Waals surface area contributed by atoms with Gasteiger partial charge in [-0.1, -0.05) is 36.4 Å². The molecule has 0 fully saturated rings. The zero-order chi connectivity index (χ0) is 22.8. The van der Waals surface area contributed by atoms with Gasteiger partial charge in [-0.3, -0.25) is 9.48 Å². The van der Waals surface area contributed by atoms with Crippen LogP contribution in [0.3, 0.4) is 0 Å². The standard InChI is InChI=1S/C24H23N7OS/c1-16(2)31-23-19(12-26-31)18(11-20(28-23)22-9-6-10-33-22)24(32)29-21(13-30-15-25-14-27-30)17-7-4-3-5-8-17/h3-12,14-16,21H,13H2,1-2H3,(H,29,32). The van der Waals surface area contributed by atoms with Crippen molar-refractivity contribution in [2.45, 2.75) is 32.5 Å². The highest BCUT2D eigenvalue weighted by atomic mass is 32.1. The number of aromatic nitrogens is 6. The number of hydrogen-bond acceptors (Lipinski definition) is 6. The fourth-order valence-electron chi connectivity index (χ4n) is 3.80. The smallest absolute Gasteiger partial charge is 0.252 e. The minimum absolute atomic E-state index is 0.119. The second-order valence-electron chi connectivity index (χ2n) is 8.01. The van der Waals surface area contributed by atoms with Crippen molar-refractivity contribution >= 4 is 28.3 Å². The van der Waals surface area contributed by atoms with Crippen LogP contribution in [-0.4, -0.2) is 35.4 Å². The van der Waals surface area contributed by atoms with Gasteiger partial charge in [-0.2, -0.15) is 10.2 Å². The lowest BCUT2D eigenvalue weighted by molar-refractivity contribution is 0.0933. The zero-order valence-corrected chi connectivity index (χ0v) is 19.1. The molecule has 0 saturated carbocycles. The number of nitrogens with zero attached hydrogens (tertiary/aromatic N) is 6. The number of fused-ring (bicyclic) bond motifs is 1. The molecule has 9 heteroatoms. The Kier molecular flexibility index (Phi) is 5.70. The van der Waals surface area contributed by atoms with Crippen LogP contribution in [0.1, 0.15) is 41.9 Å². The third kappa shape index (κ3) is 4.27. The molecule has 4 heterocycles. The lowest BCUT2D eigenvalue weighted by Crippen LogP contribution is -2.31. The van der Waals surface area contributed by atoms with E-state index in [4.69, 9.17) is 4.98 Å². The molecule has 166 valence electrons. The third-order valence-electron chi connectivity index (χ3n) is 5.42. The Morgan fingerprint density at radius 1 is 1.12 bits per heavy atom. The molecule has 5 rings (SSSR count). The lowest BCUT2D eigenvalue weighted by atomic mass is 10.1. The van der Waals surface area contributed by atoms with Crippen molar-refractivity contribution in [3.05, 3.63) is 83.9 Å². The molecule has 5 aromatic rings. The number of carbonyl (C=O) groups is 1. The van der Waals surface area contributed by atoms with E-state index >= 15 is 0 Å². The predicted molar refractivity (Wildman–Crippen MR) is 128 cm³/mol. The first kappa shape index (κ1) is 21.0. The van der Waals surface area contributed by atoms with E-state index < -0.39 is 0 Å². The van der Waals surface area contributed by atoms with Crippen molar-refractivity contribution in [3.8, 4) is 10.6 Å². The van der Waals surface area contributed by atoms with E-state index in [1.54, 1.807) is 28.5 Å². The molecule has 0 bridgehead atoms. The fraction of sp³-hybridized carbons (Fsp3) is 0.208. The molecule has 1 aromatic carbocycles. The second kappa shape index (κ2) is 8.95. The molecule has 0 aliphatic carbocycles. The van der Waals surface area contributed by atoms with Crippen molar-refractivity contribution in [1.29, 1.82) is 0 Å². The predicted octanol–water partition coefficient (Wildman–Crippen LogP) is 4.50. The van der Waals surface area contributed by atoms with Crippen LogP contribution in [0.15, 0.2) is 72.8 Å². The van der Waals surface area contributed by atoms with Crippen LogP contribution >= 0.6 is 11.3 Å². The second-order valence-corrected chi connectivity index (χ2v) is 8.95. The number of hydrogen-bond donors (Lipinski definition) is 1. The molecule has 8 nitrogen and oxygen atoms in total. The normalized spacial score (nSPS) is 12.3. The minimum atomic E-state index is -0.283. The summed E-state index contributed by atoms with van der Waals surface area (Å²) in [6.07, 6.45) is 4.86. The summed E-state index contributed by atoms with van der Waals surface area (Å²) in [6.45, 7) is 4.57. The Morgan fingerprint density at radius 2 is 1.97 bits per heavy atom. The van der Waals surface area contributed by atoms with Crippen LogP contribution in [0, 0.1) is 0 Å². The molecule has 0 aliphatic heterocycles. The number of nitrogens with one attached hydrogen (secondary N) is 1. The molecule has 1 atom stereocenters. The van der Waals surface area contributed by atoms with Crippen LogP contribution in [0.25, 0.3) is 21.6 Å². The van der Waals surface area contributed by atoms with Crippen molar-refractivity contribution < 1.29 is 4.79 Å². The van der Waals surface area contributed by atoms with Gasteiger partial charge in [-0.25, -0.2) is 14.6 Å². The van der Waals surface area contributed by atoms with Crippen LogP contribution in [0.2, 0.25) is 0 Å². The number of amides is 1. The first-order valence-electron chi connectivity index (χ1n) is 10.7. The Labute approximate surface area is 194 Å². The van der Waals surface area contributed by atoms with E-state index in [0.717, 1.165) is 21.5 Å². The summed E-state index contributed by atoms with van der Waals surface area (Å²) in [5.74, 6) is -0.183. The molecule has 1 amide bonds. The minimum Gasteiger partial charge on any atom is -0.343 e. The molecule has 4 aromatic heterocycles. The van der Waals surface area contributed by atoms with Gasteiger partial charge in [0.05, 0.1) is 40.3 Å². The maximum absolute atomic E-state index is 13.7. The fourth-order valence-corrected chi connectivity index (χ4v) is 4.49. The maximum Gasteiger partial charge on any atom is 0.252 e. The zero-order valence-electron chi connectivity index (χ0n) is 18.3. The summed E-state index contributed by atoms with van der Waals surface area (Å²) in [5.41, 5.74) is 3.00. The lowest BCUT2D eigenvalue weighted by Gasteiger charge is -2.20. The van der Waals surface area contributed by atoms with Gasteiger partial charge in [0.1, 0.15) is 12.7 Å². The van der Waals surface area contributed by atoms with E-state index in [1.807, 2.05) is 58.6 Å². The summed E-state index contributed by atoms with van der Waals surface area (Å²) in [5, 5.41) is 14.7. The van der Waals surface area contributed by atoms with Crippen molar-refractivity contribution in [3.63, 3.8) is 0 Å². The number of carbonyl (C=O) groups excluding carboxylic acids is 1. The van der Waals surface area contributed by atoms with E-state index in [0.29, 0.717) is 17.8 Å². The third-order valence-corrected chi connectivity index (χ3v) is 6.31. The SMILES string of the molecule is CC(C)n1ncc2c(C(=O)NC(Cn3cncn3)c3ccccc3)cc(-c3cccs3)nc21. The summed E-state index contributed by atoms with van der Waals surface area (Å²) in [7, 11) is 0. The highest BCUT2D eigenvalue weighted by molar-refractivity contribution is 7.13. The van der Waals surface area contributed by atoms with Gasteiger partial charge in [0.25, 0.3) is 5.91 Å². The van der Waals surface area contributed by atoms with Gasteiger partial charge in [0, 0.05) is 6.04 Å². The quantitative estimate of drug-likeness (QED) is 0.388. The average Bonchev–Trinajstić information content (AvgIpc) is 3.60. The van der Waals surface area contributed by atoms with Gasteiger partial charge >= 0.3 is 0 Å². The topological polar surface area (TPSA) is 90.5 Å². The summed E-state index contributed by atoms with van der Waals surface area (Å²) in [4.78, 5) is 23.5. The molecule has 33 heavy (non-hydrogen) atoms. The first-order chi connectivity index (χ1) is 16.1. The van der Waals surface area contributed by atoms with Gasteiger partial charge < -0.3 is 5.32 Å². The van der Waals surface area contributed by atoms with Crippen LogP contribution in [0.5, 0.6) is 0 Å². The molecule has 1 unspecified atom stereocenters. The van der Waals surface area contributed by atoms with Crippen molar-refractivity contribution in [1.82, 2.24) is 34.8 Å². The van der Waals surface area contributed by atoms with Crippen LogP contribution < -0.4 is 5.32 Å². The van der Waals surface area contributed by atoms with Gasteiger partial charge in [-0.15, -0.1) is 11.3 Å². The van der Waals surface area contributed by atoms with E-state index in [2.05, 4.69) is 34.3 Å². The van der Waals surface area contributed by atoms with Gasteiger partial charge in [-0.05, 0) is 36.9 Å². The van der Waals surface area contributed by atoms with Crippen LogP contribution in [-0.2, 0) is 6.54 Å². The maximum atomic E-state index is 13.7. The number of thiophene rings is 1. The number of pyridine rings is 1. The Morgan fingerprint density at radius 3 is 2.67 bits per heavy atom. The molecule has 0 radical (unpaired) electrons. The molecule has 1 N–H and O–H groups in total. The van der Waals surface area contributed by atoms with Gasteiger partial charge in [0.2, 0.25) is 0 Å². The van der Waals surface area contributed by atoms with E-state index in [9.17, 15) is 4.79 Å². The average molecular weight is 458 g/mol. The number of benzene rings is 1. The summed E-state index contributed by atoms with van der Waals surface area (Å²) in [6, 6.07) is 15.6. The first-order valence-corrected chi connectivity index (χ1v) is 11.6. The Bertz CT molecular complexity index is 1360. The highest BCUT2D eigenvalue weighted by Gasteiger charge is 2.22. The van der Waals surface area contributed by atoms with Gasteiger partial charge in [0.15, 0.2) is 5.65 Å². The molecule has 0 saturated heterocycles. The van der Waals surface area contributed by atoms with Crippen molar-refractivity contribution in [2.24, 2.45) is 0 Å². The van der Waals surface area contributed by atoms with Crippen molar-refractivity contribution in [2.75, 3.05) is 0 Å².